The zero-order chi connectivity index (χ0) is 10.8. The van der Waals surface area contributed by atoms with E-state index in [1.165, 1.54) is 0 Å². The maximum absolute atomic E-state index is 11.8. The number of carbonyl (C=O) groups excluding carboxylic acids is 1. The van der Waals surface area contributed by atoms with E-state index < -0.39 is 0 Å². The number of carbonyl (C=O) groups is 1. The van der Waals surface area contributed by atoms with Crippen LogP contribution in [0.3, 0.4) is 0 Å². The topological polar surface area (TPSA) is 20.3 Å². The number of hydrogen-bond donors (Lipinski definition) is 0. The molecule has 15 heavy (non-hydrogen) atoms. The molecule has 0 N–H and O–H groups in total. The van der Waals surface area contributed by atoms with Gasteiger partial charge >= 0.3 is 108 Å². The van der Waals surface area contributed by atoms with Gasteiger partial charge in [0, 0.05) is 0 Å². The Hall–Kier alpha value is -0.111. The summed E-state index contributed by atoms with van der Waals surface area (Å²) in [5.41, 5.74) is 0.791. The molecule has 1 amide bonds. The van der Waals surface area contributed by atoms with Crippen LogP contribution in [0.4, 0.5) is 5.69 Å². The Morgan fingerprint density at radius 2 is 2.13 bits per heavy atom. The minimum atomic E-state index is 0.130. The van der Waals surface area contributed by atoms with E-state index in [9.17, 15) is 4.79 Å². The summed E-state index contributed by atoms with van der Waals surface area (Å²) < 4.78 is 1.02. The Morgan fingerprint density at radius 1 is 1.40 bits per heavy atom. The van der Waals surface area contributed by atoms with Crippen molar-refractivity contribution in [3.63, 3.8) is 0 Å². The summed E-state index contributed by atoms with van der Waals surface area (Å²) in [4.78, 5) is 13.5. The second-order valence-corrected chi connectivity index (χ2v) is 7.85. The van der Waals surface area contributed by atoms with Gasteiger partial charge in [-0.3, -0.25) is 0 Å². The molecule has 1 fully saturated rings. The molecule has 1 aromatic rings. The molecule has 0 saturated carbocycles. The minimum absolute atomic E-state index is 0.130. The molecule has 1 aromatic carbocycles. The van der Waals surface area contributed by atoms with Gasteiger partial charge in [0.1, 0.15) is 0 Å². The Morgan fingerprint density at radius 3 is 2.80 bits per heavy atom. The molecule has 0 spiro atoms. The fraction of sp³-hybridized carbons (Fsp3) is 0.200. The van der Waals surface area contributed by atoms with E-state index in [1.807, 2.05) is 18.2 Å². The first-order valence-electron chi connectivity index (χ1n) is 4.44. The van der Waals surface area contributed by atoms with Gasteiger partial charge < -0.3 is 0 Å². The zero-order valence-electron chi connectivity index (χ0n) is 7.77. The quantitative estimate of drug-likeness (QED) is 0.702. The molecule has 1 aliphatic heterocycles. The van der Waals surface area contributed by atoms with E-state index in [1.54, 1.807) is 11.0 Å². The number of rotatable bonds is 1. The molecular weight excluding hydrogens is 343 g/mol. The number of para-hydroxylation sites is 1. The Kier molecular flexibility index (Phi) is 3.65. The van der Waals surface area contributed by atoms with Crippen molar-refractivity contribution < 1.29 is 4.79 Å². The van der Waals surface area contributed by atoms with Crippen LogP contribution in [0.1, 0.15) is 6.42 Å². The van der Waals surface area contributed by atoms with Gasteiger partial charge in [-0.1, -0.05) is 0 Å². The summed E-state index contributed by atoms with van der Waals surface area (Å²) in [6.07, 6.45) is 0.621. The summed E-state index contributed by atoms with van der Waals surface area (Å²) in [6.45, 7) is 0. The molecule has 0 bridgehead atoms. The van der Waals surface area contributed by atoms with E-state index in [-0.39, 0.29) is 5.91 Å². The van der Waals surface area contributed by atoms with Crippen molar-refractivity contribution in [2.24, 2.45) is 0 Å². The predicted octanol–water partition coefficient (Wildman–Crippen LogP) is 1.46. The second kappa shape index (κ2) is 4.82. The van der Waals surface area contributed by atoms with E-state index in [2.05, 4.69) is 15.6 Å². The van der Waals surface area contributed by atoms with Crippen molar-refractivity contribution >= 4 is 57.2 Å². The number of benzene rings is 1. The normalized spacial score (nSPS) is 17.0. The van der Waals surface area contributed by atoms with Crippen molar-refractivity contribution in [2.45, 2.75) is 11.7 Å². The average molecular weight is 352 g/mol. The molecule has 0 aliphatic carbocycles. The predicted molar refractivity (Wildman–Crippen MR) is 64.9 cm³/mol. The number of halogens is 1. The molecule has 2 rings (SSSR count). The Balaban J connectivity index is 2.40. The number of anilines is 1. The first-order valence-corrected chi connectivity index (χ1v) is 7.74. The van der Waals surface area contributed by atoms with Crippen molar-refractivity contribution in [2.75, 3.05) is 4.90 Å². The number of hydrogen-bond acceptors (Lipinski definition) is 1. The molecule has 0 radical (unpaired) electrons. The summed E-state index contributed by atoms with van der Waals surface area (Å²) in [5, 5.41) is 1.60. The van der Waals surface area contributed by atoms with Crippen molar-refractivity contribution in [1.29, 1.82) is 0 Å². The maximum atomic E-state index is 11.8. The number of amides is 1. The van der Waals surface area contributed by atoms with E-state index in [4.69, 9.17) is 11.6 Å². The van der Waals surface area contributed by atoms with E-state index in [0.717, 1.165) is 14.4 Å². The van der Waals surface area contributed by atoms with Gasteiger partial charge in [-0.2, -0.15) is 0 Å². The van der Waals surface area contributed by atoms with Gasteiger partial charge in [-0.15, -0.1) is 0 Å². The molecule has 2 nitrogen and oxygen atoms in total. The molecule has 1 saturated heterocycles. The van der Waals surface area contributed by atoms with Crippen molar-refractivity contribution in [3.05, 3.63) is 29.3 Å². The van der Waals surface area contributed by atoms with Crippen LogP contribution in [-0.2, 0) is 4.79 Å². The Labute approximate surface area is 107 Å². The molecule has 5 heteroatoms. The fourth-order valence-electron chi connectivity index (χ4n) is 1.37. The summed E-state index contributed by atoms with van der Waals surface area (Å²) >= 11 is 9.42. The third-order valence-electron chi connectivity index (χ3n) is 2.07. The van der Waals surface area contributed by atoms with Gasteiger partial charge in [-0.05, 0) is 0 Å². The Bertz CT molecular complexity index is 406. The summed E-state index contributed by atoms with van der Waals surface area (Å²) in [7, 11) is 0. The van der Waals surface area contributed by atoms with Crippen LogP contribution in [0.5, 0.6) is 0 Å². The molecule has 0 aromatic heterocycles. The van der Waals surface area contributed by atoms with Crippen molar-refractivity contribution in [1.82, 2.24) is 0 Å². The SMILES string of the molecule is O=C1CC[Se]C(=[Se])N1c1ccccc1Cl. The van der Waals surface area contributed by atoms with Gasteiger partial charge in [0.05, 0.1) is 0 Å². The van der Waals surface area contributed by atoms with Crippen LogP contribution in [-0.4, -0.2) is 39.9 Å². The van der Waals surface area contributed by atoms with Crippen LogP contribution >= 0.6 is 11.6 Å². The average Bonchev–Trinajstić information content (AvgIpc) is 2.20. The molecule has 1 heterocycles. The standard InChI is InChI=1S/C10H8ClNOSe2/c11-7-3-1-2-4-8(7)12-9(13)5-6-15-10(12)14/h1-4H,5-6H2. The zero-order valence-corrected chi connectivity index (χ0v) is 12.0. The molecule has 0 unspecified atom stereocenters. The fourth-order valence-corrected chi connectivity index (χ4v) is 4.56. The summed E-state index contributed by atoms with van der Waals surface area (Å²) in [5.74, 6) is 0.130. The van der Waals surface area contributed by atoms with Crippen LogP contribution in [0.15, 0.2) is 24.3 Å². The van der Waals surface area contributed by atoms with E-state index >= 15 is 0 Å². The van der Waals surface area contributed by atoms with Crippen LogP contribution in [0, 0.1) is 0 Å². The summed E-state index contributed by atoms with van der Waals surface area (Å²) in [6, 6.07) is 7.44. The molecule has 78 valence electrons. The van der Waals surface area contributed by atoms with Crippen LogP contribution in [0.2, 0.25) is 10.3 Å². The van der Waals surface area contributed by atoms with Crippen LogP contribution in [0.25, 0.3) is 0 Å². The number of nitrogens with zero attached hydrogens (tertiary/aromatic N) is 1. The van der Waals surface area contributed by atoms with Crippen molar-refractivity contribution in [3.8, 4) is 0 Å². The van der Waals surface area contributed by atoms with Gasteiger partial charge in [0.25, 0.3) is 0 Å². The van der Waals surface area contributed by atoms with Gasteiger partial charge in [-0.25, -0.2) is 0 Å². The monoisotopic (exact) mass is 353 g/mol. The van der Waals surface area contributed by atoms with Crippen LogP contribution < -0.4 is 4.90 Å². The first kappa shape index (κ1) is 11.4. The van der Waals surface area contributed by atoms with Gasteiger partial charge in [0.15, 0.2) is 0 Å². The molecule has 0 atom stereocenters. The first-order chi connectivity index (χ1) is 7.20. The molecular formula is C10H8ClNOSe2. The van der Waals surface area contributed by atoms with E-state index in [0.29, 0.717) is 26.4 Å². The second-order valence-electron chi connectivity index (χ2n) is 3.04. The third kappa shape index (κ3) is 2.35. The molecule has 1 aliphatic rings. The van der Waals surface area contributed by atoms with Gasteiger partial charge in [0.2, 0.25) is 0 Å². The third-order valence-corrected chi connectivity index (χ3v) is 5.81.